The lowest BCUT2D eigenvalue weighted by Gasteiger charge is -2.37. The second-order valence-corrected chi connectivity index (χ2v) is 7.90. The first-order chi connectivity index (χ1) is 11.9. The molecule has 10 heteroatoms. The summed E-state index contributed by atoms with van der Waals surface area (Å²) < 4.78 is 114. The summed E-state index contributed by atoms with van der Waals surface area (Å²) in [5.41, 5.74) is 0. The molecule has 26 heavy (non-hydrogen) atoms. The van der Waals surface area contributed by atoms with Crippen LogP contribution < -0.4 is 0 Å². The van der Waals surface area contributed by atoms with E-state index in [0.29, 0.717) is 19.4 Å². The molecule has 0 fully saturated rings. The average molecular weight is 416 g/mol. The lowest BCUT2D eigenvalue weighted by molar-refractivity contribution is -0.368. The van der Waals surface area contributed by atoms with Crippen molar-refractivity contribution in [2.24, 2.45) is 0 Å². The van der Waals surface area contributed by atoms with Gasteiger partial charge in [-0.3, -0.25) is 0 Å². The van der Waals surface area contributed by atoms with Crippen molar-refractivity contribution in [1.29, 1.82) is 0 Å². The summed E-state index contributed by atoms with van der Waals surface area (Å²) in [5, 5.41) is 0. The molecule has 0 spiro atoms. The minimum Gasteiger partial charge on any atom is -0.424 e. The average Bonchev–Trinajstić information content (AvgIpc) is 2.53. The van der Waals surface area contributed by atoms with E-state index in [1.54, 1.807) is 6.92 Å². The topological polar surface area (TPSA) is 9.23 Å². The summed E-state index contributed by atoms with van der Waals surface area (Å²) in [5.74, 6) is -22.7. The number of hydrogen-bond acceptors (Lipinski definition) is 1. The summed E-state index contributed by atoms with van der Waals surface area (Å²) in [4.78, 5) is 0. The van der Waals surface area contributed by atoms with Gasteiger partial charge in [-0.1, -0.05) is 32.6 Å². The molecule has 0 aliphatic heterocycles. The minimum absolute atomic E-state index is 0.0822. The van der Waals surface area contributed by atoms with Gasteiger partial charge in [-0.05, 0) is 25.8 Å². The van der Waals surface area contributed by atoms with E-state index in [-0.39, 0.29) is 12.5 Å². The Hall–Kier alpha value is -0.383. The van der Waals surface area contributed by atoms with Gasteiger partial charge in [0.15, 0.2) is 9.76 Å². The standard InChI is InChI=1S/C16H28F8OSi/c1-3-5-6-7-8-10-13(17,18)15(21,22)16(23,24)14(19,20)11-9-12-26-25-4-2/h3-12,26H2,1-2H3. The van der Waals surface area contributed by atoms with Crippen LogP contribution in [0.3, 0.4) is 0 Å². The van der Waals surface area contributed by atoms with Gasteiger partial charge in [0.05, 0.1) is 0 Å². The first kappa shape index (κ1) is 25.6. The van der Waals surface area contributed by atoms with Crippen LogP contribution in [-0.2, 0) is 4.43 Å². The maximum absolute atomic E-state index is 13.7. The molecule has 0 N–H and O–H groups in total. The molecule has 158 valence electrons. The van der Waals surface area contributed by atoms with Crippen molar-refractivity contribution in [3.63, 3.8) is 0 Å². The maximum atomic E-state index is 13.7. The molecule has 0 saturated carbocycles. The molecular formula is C16H28F8OSi. The molecule has 0 bridgehead atoms. The highest BCUT2D eigenvalue weighted by molar-refractivity contribution is 6.26. The van der Waals surface area contributed by atoms with Crippen LogP contribution in [-0.4, -0.2) is 40.1 Å². The molecule has 0 heterocycles. The zero-order valence-corrected chi connectivity index (χ0v) is 16.6. The van der Waals surface area contributed by atoms with Gasteiger partial charge < -0.3 is 4.43 Å². The molecule has 0 rings (SSSR count). The van der Waals surface area contributed by atoms with Crippen LogP contribution in [0, 0.1) is 0 Å². The molecule has 0 aromatic heterocycles. The fourth-order valence-corrected chi connectivity index (χ4v) is 3.37. The van der Waals surface area contributed by atoms with Crippen LogP contribution in [0.25, 0.3) is 0 Å². The first-order valence-electron chi connectivity index (χ1n) is 8.96. The van der Waals surface area contributed by atoms with Gasteiger partial charge in [-0.15, -0.1) is 0 Å². The van der Waals surface area contributed by atoms with E-state index < -0.39 is 59.1 Å². The van der Waals surface area contributed by atoms with Gasteiger partial charge in [0, 0.05) is 19.4 Å². The highest BCUT2D eigenvalue weighted by Gasteiger charge is 2.79. The Morgan fingerprint density at radius 1 is 0.654 bits per heavy atom. The molecule has 0 aromatic rings. The Labute approximate surface area is 151 Å². The first-order valence-corrected chi connectivity index (χ1v) is 10.5. The summed E-state index contributed by atoms with van der Waals surface area (Å²) in [6.45, 7) is 3.87. The van der Waals surface area contributed by atoms with E-state index in [9.17, 15) is 35.1 Å². The number of alkyl halides is 8. The van der Waals surface area contributed by atoms with Crippen molar-refractivity contribution < 1.29 is 39.5 Å². The Morgan fingerprint density at radius 2 is 1.12 bits per heavy atom. The molecule has 0 amide bonds. The van der Waals surface area contributed by atoms with Gasteiger partial charge in [0.1, 0.15) is 0 Å². The third kappa shape index (κ3) is 6.65. The van der Waals surface area contributed by atoms with Gasteiger partial charge >= 0.3 is 23.7 Å². The smallest absolute Gasteiger partial charge is 0.378 e. The predicted octanol–water partition coefficient (Wildman–Crippen LogP) is 6.21. The lowest BCUT2D eigenvalue weighted by Crippen LogP contribution is -2.62. The van der Waals surface area contributed by atoms with Crippen molar-refractivity contribution in [3.8, 4) is 0 Å². The largest absolute Gasteiger partial charge is 0.424 e. The summed E-state index contributed by atoms with van der Waals surface area (Å²) in [6, 6.07) is 0.0822. The van der Waals surface area contributed by atoms with Crippen molar-refractivity contribution in [3.05, 3.63) is 0 Å². The molecular weight excluding hydrogens is 388 g/mol. The SMILES string of the molecule is CCCCCCCC(F)(F)C(F)(F)C(F)(F)C(F)(F)CCC[SiH2]OCC. The molecule has 0 saturated heterocycles. The third-order valence-electron chi connectivity index (χ3n) is 4.14. The summed E-state index contributed by atoms with van der Waals surface area (Å²) in [6.07, 6.45) is -1.91. The van der Waals surface area contributed by atoms with E-state index in [0.717, 1.165) is 6.42 Å². The zero-order valence-electron chi connectivity index (χ0n) is 15.2. The molecule has 0 atom stereocenters. The number of unbranched alkanes of at least 4 members (excludes halogenated alkanes) is 4. The van der Waals surface area contributed by atoms with Crippen LogP contribution in [0.2, 0.25) is 6.04 Å². The van der Waals surface area contributed by atoms with Crippen LogP contribution in [0.15, 0.2) is 0 Å². The Morgan fingerprint density at radius 3 is 1.58 bits per heavy atom. The molecule has 0 unspecified atom stereocenters. The summed E-state index contributed by atoms with van der Waals surface area (Å²) in [7, 11) is -1.20. The second-order valence-electron chi connectivity index (χ2n) is 6.38. The van der Waals surface area contributed by atoms with Crippen molar-refractivity contribution >= 4 is 9.76 Å². The normalized spacial score (nSPS) is 14.5. The van der Waals surface area contributed by atoms with E-state index in [2.05, 4.69) is 0 Å². The van der Waals surface area contributed by atoms with Crippen molar-refractivity contribution in [2.45, 2.75) is 94.9 Å². The Balaban J connectivity index is 4.89. The van der Waals surface area contributed by atoms with Crippen molar-refractivity contribution in [2.75, 3.05) is 6.61 Å². The van der Waals surface area contributed by atoms with E-state index in [1.807, 2.05) is 6.92 Å². The van der Waals surface area contributed by atoms with Crippen LogP contribution >= 0.6 is 0 Å². The molecule has 0 aliphatic carbocycles. The van der Waals surface area contributed by atoms with Gasteiger partial charge in [0.25, 0.3) is 0 Å². The second kappa shape index (κ2) is 10.8. The number of rotatable bonds is 15. The van der Waals surface area contributed by atoms with Crippen LogP contribution in [0.4, 0.5) is 35.1 Å². The molecule has 0 radical (unpaired) electrons. The Kier molecular flexibility index (Phi) is 10.7. The van der Waals surface area contributed by atoms with Crippen LogP contribution in [0.5, 0.6) is 0 Å². The summed E-state index contributed by atoms with van der Waals surface area (Å²) >= 11 is 0. The van der Waals surface area contributed by atoms with E-state index >= 15 is 0 Å². The lowest BCUT2D eigenvalue weighted by atomic mass is 9.92. The third-order valence-corrected chi connectivity index (χ3v) is 5.63. The fourth-order valence-electron chi connectivity index (χ4n) is 2.42. The zero-order chi connectivity index (χ0) is 20.5. The van der Waals surface area contributed by atoms with Gasteiger partial charge in [-0.2, -0.15) is 35.1 Å². The van der Waals surface area contributed by atoms with Gasteiger partial charge in [0.2, 0.25) is 0 Å². The fraction of sp³-hybridized carbons (Fsp3) is 1.00. The van der Waals surface area contributed by atoms with E-state index in [1.165, 1.54) is 0 Å². The highest BCUT2D eigenvalue weighted by Crippen LogP contribution is 2.55. The van der Waals surface area contributed by atoms with Crippen molar-refractivity contribution in [1.82, 2.24) is 0 Å². The van der Waals surface area contributed by atoms with Gasteiger partial charge in [-0.25, -0.2) is 0 Å². The predicted molar refractivity (Wildman–Crippen MR) is 87.4 cm³/mol. The Bertz CT molecular complexity index is 354. The quantitative estimate of drug-likeness (QED) is 0.175. The van der Waals surface area contributed by atoms with E-state index in [4.69, 9.17) is 4.43 Å². The highest BCUT2D eigenvalue weighted by atomic mass is 28.2. The number of halogens is 8. The van der Waals surface area contributed by atoms with Crippen LogP contribution in [0.1, 0.15) is 65.2 Å². The molecule has 1 nitrogen and oxygen atoms in total. The number of hydrogen-bond donors (Lipinski definition) is 0. The monoisotopic (exact) mass is 416 g/mol. The minimum atomic E-state index is -6.12. The molecule has 0 aromatic carbocycles. The molecule has 0 aliphatic rings. The maximum Gasteiger partial charge on any atom is 0.378 e.